The summed E-state index contributed by atoms with van der Waals surface area (Å²) >= 11 is 0. The first kappa shape index (κ1) is 12.6. The van der Waals surface area contributed by atoms with Gasteiger partial charge in [-0.25, -0.2) is 9.97 Å². The van der Waals surface area contributed by atoms with Gasteiger partial charge < -0.3 is 10.0 Å². The van der Waals surface area contributed by atoms with E-state index in [9.17, 15) is 5.11 Å². The Balaban J connectivity index is 1.67. The number of rotatable bonds is 4. The molecule has 1 aliphatic carbocycles. The molecule has 5 heteroatoms. The second-order valence-corrected chi connectivity index (χ2v) is 5.49. The molecule has 19 heavy (non-hydrogen) atoms. The third kappa shape index (κ3) is 2.62. The maximum Gasteiger partial charge on any atom is 0.233 e. The fraction of sp³-hybridized carbons (Fsp3) is 0.571. The van der Waals surface area contributed by atoms with Gasteiger partial charge in [0.2, 0.25) is 5.78 Å². The maximum atomic E-state index is 9.88. The van der Waals surface area contributed by atoms with Gasteiger partial charge in [0, 0.05) is 25.5 Å². The summed E-state index contributed by atoms with van der Waals surface area (Å²) in [6, 6.07) is 1.92. The zero-order valence-electron chi connectivity index (χ0n) is 11.2. The fourth-order valence-corrected chi connectivity index (χ4v) is 2.97. The number of hydrogen-bond acceptors (Lipinski definition) is 4. The Morgan fingerprint density at radius 2 is 2.32 bits per heavy atom. The minimum Gasteiger partial charge on any atom is -0.393 e. The molecule has 0 amide bonds. The van der Waals surface area contributed by atoms with Gasteiger partial charge >= 0.3 is 0 Å². The van der Waals surface area contributed by atoms with Crippen LogP contribution in [0.3, 0.4) is 0 Å². The van der Waals surface area contributed by atoms with Crippen molar-refractivity contribution in [2.24, 2.45) is 5.92 Å². The molecule has 0 aliphatic heterocycles. The second-order valence-electron chi connectivity index (χ2n) is 5.49. The molecule has 0 aromatic carbocycles. The third-order valence-corrected chi connectivity index (χ3v) is 3.96. The van der Waals surface area contributed by atoms with Crippen LogP contribution in [-0.4, -0.2) is 44.1 Å². The maximum absolute atomic E-state index is 9.88. The molecule has 2 aromatic rings. The number of aliphatic hydroxyl groups excluding tert-OH is 1. The lowest BCUT2D eigenvalue weighted by atomic mass is 10.1. The van der Waals surface area contributed by atoms with Gasteiger partial charge in [0.25, 0.3) is 0 Å². The van der Waals surface area contributed by atoms with Crippen LogP contribution >= 0.6 is 0 Å². The molecule has 5 nitrogen and oxygen atoms in total. The minimum atomic E-state index is -0.119. The molecule has 2 atom stereocenters. The Morgan fingerprint density at radius 1 is 1.42 bits per heavy atom. The molecular weight excluding hydrogens is 240 g/mol. The smallest absolute Gasteiger partial charge is 0.233 e. The highest BCUT2D eigenvalue weighted by molar-refractivity contribution is 5.30. The van der Waals surface area contributed by atoms with E-state index >= 15 is 0 Å². The zero-order chi connectivity index (χ0) is 13.2. The van der Waals surface area contributed by atoms with Gasteiger partial charge in [0.1, 0.15) is 0 Å². The lowest BCUT2D eigenvalue weighted by Gasteiger charge is -2.22. The molecule has 2 aromatic heterocycles. The molecule has 1 fully saturated rings. The number of aromatic nitrogens is 3. The van der Waals surface area contributed by atoms with Gasteiger partial charge in [-0.2, -0.15) is 0 Å². The Hall–Kier alpha value is -1.46. The summed E-state index contributed by atoms with van der Waals surface area (Å²) in [5.74, 6) is 1.16. The monoisotopic (exact) mass is 260 g/mol. The van der Waals surface area contributed by atoms with Gasteiger partial charge in [-0.3, -0.25) is 4.40 Å². The van der Waals surface area contributed by atoms with E-state index in [1.807, 2.05) is 22.9 Å². The molecule has 0 spiro atoms. The first-order valence-electron chi connectivity index (χ1n) is 6.87. The lowest BCUT2D eigenvalue weighted by Crippen LogP contribution is -2.29. The van der Waals surface area contributed by atoms with Crippen LogP contribution in [0, 0.1) is 5.92 Å². The van der Waals surface area contributed by atoms with Crippen LogP contribution in [0.4, 0.5) is 0 Å². The number of fused-ring (bicyclic) bond motifs is 1. The van der Waals surface area contributed by atoms with Crippen molar-refractivity contribution >= 4 is 5.78 Å². The summed E-state index contributed by atoms with van der Waals surface area (Å²) in [5.41, 5.74) is 1.14. The largest absolute Gasteiger partial charge is 0.393 e. The average molecular weight is 260 g/mol. The van der Waals surface area contributed by atoms with Gasteiger partial charge in [-0.1, -0.05) is 6.42 Å². The van der Waals surface area contributed by atoms with Crippen molar-refractivity contribution in [3.63, 3.8) is 0 Å². The van der Waals surface area contributed by atoms with Gasteiger partial charge in [-0.15, -0.1) is 0 Å². The summed E-state index contributed by atoms with van der Waals surface area (Å²) in [6.07, 6.45) is 8.75. The zero-order valence-corrected chi connectivity index (χ0v) is 11.2. The summed E-state index contributed by atoms with van der Waals surface area (Å²) in [4.78, 5) is 10.8. The van der Waals surface area contributed by atoms with E-state index < -0.39 is 0 Å². The average Bonchev–Trinajstić information content (AvgIpc) is 2.98. The van der Waals surface area contributed by atoms with Crippen molar-refractivity contribution in [1.82, 2.24) is 19.3 Å². The van der Waals surface area contributed by atoms with Crippen molar-refractivity contribution in [2.45, 2.75) is 31.9 Å². The lowest BCUT2D eigenvalue weighted by molar-refractivity contribution is 0.107. The summed E-state index contributed by atoms with van der Waals surface area (Å²) < 4.78 is 2.02. The van der Waals surface area contributed by atoms with E-state index in [0.717, 1.165) is 43.8 Å². The van der Waals surface area contributed by atoms with E-state index in [-0.39, 0.29) is 6.10 Å². The second kappa shape index (κ2) is 5.27. The van der Waals surface area contributed by atoms with E-state index in [1.54, 1.807) is 6.20 Å². The summed E-state index contributed by atoms with van der Waals surface area (Å²) in [5, 5.41) is 9.88. The predicted molar refractivity (Wildman–Crippen MR) is 72.7 cm³/mol. The Labute approximate surface area is 112 Å². The molecule has 2 heterocycles. The molecule has 1 aliphatic rings. The molecule has 1 N–H and O–H groups in total. The highest BCUT2D eigenvalue weighted by Crippen LogP contribution is 2.26. The molecule has 3 rings (SSSR count). The van der Waals surface area contributed by atoms with Crippen LogP contribution in [0.2, 0.25) is 0 Å². The highest BCUT2D eigenvalue weighted by atomic mass is 16.3. The number of nitrogens with zero attached hydrogens (tertiary/aromatic N) is 4. The summed E-state index contributed by atoms with van der Waals surface area (Å²) in [7, 11) is 2.10. The van der Waals surface area contributed by atoms with Crippen LogP contribution in [-0.2, 0) is 6.54 Å². The van der Waals surface area contributed by atoms with Crippen molar-refractivity contribution in [1.29, 1.82) is 0 Å². The van der Waals surface area contributed by atoms with Gasteiger partial charge in [-0.05, 0) is 31.9 Å². The van der Waals surface area contributed by atoms with Crippen molar-refractivity contribution in [2.75, 3.05) is 13.6 Å². The van der Waals surface area contributed by atoms with Crippen LogP contribution in [0.5, 0.6) is 0 Å². The quantitative estimate of drug-likeness (QED) is 0.901. The molecule has 0 radical (unpaired) electrons. The Morgan fingerprint density at radius 3 is 3.11 bits per heavy atom. The van der Waals surface area contributed by atoms with Crippen LogP contribution in [0.1, 0.15) is 25.0 Å². The number of aliphatic hydroxyl groups is 1. The number of imidazole rings is 1. The van der Waals surface area contributed by atoms with Crippen LogP contribution in [0.15, 0.2) is 24.7 Å². The van der Waals surface area contributed by atoms with Crippen LogP contribution in [0.25, 0.3) is 5.78 Å². The van der Waals surface area contributed by atoms with Crippen molar-refractivity contribution < 1.29 is 5.11 Å². The molecule has 0 bridgehead atoms. The third-order valence-electron chi connectivity index (χ3n) is 3.96. The Bertz CT molecular complexity index is 553. The molecule has 0 saturated heterocycles. The van der Waals surface area contributed by atoms with Crippen LogP contribution < -0.4 is 0 Å². The number of hydrogen-bond donors (Lipinski definition) is 1. The normalized spacial score (nSPS) is 23.5. The fourth-order valence-electron chi connectivity index (χ4n) is 2.97. The van der Waals surface area contributed by atoms with Gasteiger partial charge in [0.15, 0.2) is 0 Å². The molecular formula is C14H20N4O. The first-order valence-corrected chi connectivity index (χ1v) is 6.87. The standard InChI is InChI=1S/C14H20N4O/c1-17(9-11-4-2-5-13(11)19)10-12-8-16-14-15-6-3-7-18(12)14/h3,6-8,11,13,19H,2,4-5,9-10H2,1H3. The van der Waals surface area contributed by atoms with Gasteiger partial charge in [0.05, 0.1) is 18.0 Å². The van der Waals surface area contributed by atoms with E-state index in [0.29, 0.717) is 5.92 Å². The van der Waals surface area contributed by atoms with E-state index in [1.165, 1.54) is 0 Å². The van der Waals surface area contributed by atoms with Crippen molar-refractivity contribution in [3.8, 4) is 0 Å². The topological polar surface area (TPSA) is 53.7 Å². The summed E-state index contributed by atoms with van der Waals surface area (Å²) in [6.45, 7) is 1.77. The molecule has 102 valence electrons. The van der Waals surface area contributed by atoms with Crippen molar-refractivity contribution in [3.05, 3.63) is 30.4 Å². The van der Waals surface area contributed by atoms with E-state index in [2.05, 4.69) is 21.9 Å². The molecule has 1 saturated carbocycles. The predicted octanol–water partition coefficient (Wildman–Crippen LogP) is 1.32. The SMILES string of the molecule is CN(Cc1cnc2ncccn12)CC1CCCC1O. The Kier molecular flexibility index (Phi) is 3.48. The minimum absolute atomic E-state index is 0.119. The van der Waals surface area contributed by atoms with E-state index in [4.69, 9.17) is 0 Å². The first-order chi connectivity index (χ1) is 9.24. The molecule has 2 unspecified atom stereocenters. The highest BCUT2D eigenvalue weighted by Gasteiger charge is 2.26.